The molecule has 3 amide bonds. The fraction of sp³-hybridized carbons (Fsp3) is 0.739. The van der Waals surface area contributed by atoms with Crippen molar-refractivity contribution >= 4 is 23.7 Å². The van der Waals surface area contributed by atoms with E-state index in [1.807, 2.05) is 11.8 Å². The number of carbonyl (C=O) groups is 2. The van der Waals surface area contributed by atoms with Gasteiger partial charge in [0.05, 0.1) is 24.2 Å². The lowest BCUT2D eigenvalue weighted by atomic mass is 10.0. The molecule has 1 aromatic heterocycles. The first-order valence-corrected chi connectivity index (χ1v) is 13.8. The molecular weight excluding hydrogens is 509 g/mol. The van der Waals surface area contributed by atoms with Gasteiger partial charge in [-0.25, -0.2) is 14.8 Å². The molecule has 37 heavy (non-hydrogen) atoms. The van der Waals surface area contributed by atoms with E-state index >= 15 is 0 Å². The van der Waals surface area contributed by atoms with Gasteiger partial charge in [0, 0.05) is 36.4 Å². The molecule has 4 N–H and O–H groups in total. The summed E-state index contributed by atoms with van der Waals surface area (Å²) < 4.78 is 39.0. The van der Waals surface area contributed by atoms with Gasteiger partial charge in [0.1, 0.15) is 5.82 Å². The lowest BCUT2D eigenvalue weighted by molar-refractivity contribution is -0.166. The van der Waals surface area contributed by atoms with E-state index in [9.17, 15) is 22.8 Å². The van der Waals surface area contributed by atoms with Crippen LogP contribution in [0.15, 0.2) is 22.6 Å². The van der Waals surface area contributed by atoms with Crippen molar-refractivity contribution in [2.24, 2.45) is 10.2 Å². The number of hydrogen-bond donors (Lipinski definition) is 4. The van der Waals surface area contributed by atoms with E-state index in [1.54, 1.807) is 0 Å². The highest BCUT2D eigenvalue weighted by atomic mass is 32.2. The van der Waals surface area contributed by atoms with Gasteiger partial charge in [-0.1, -0.05) is 19.3 Å². The fourth-order valence-electron chi connectivity index (χ4n) is 4.59. The Bertz CT molecular complexity index is 956. The Labute approximate surface area is 217 Å². The molecule has 2 saturated heterocycles. The first-order chi connectivity index (χ1) is 17.8. The molecule has 0 bridgehead atoms. The highest BCUT2D eigenvalue weighted by molar-refractivity contribution is 8.00. The van der Waals surface area contributed by atoms with Crippen molar-refractivity contribution in [1.82, 2.24) is 31.2 Å². The summed E-state index contributed by atoms with van der Waals surface area (Å²) in [5.41, 5.74) is -2.65. The number of hydrogen-bond acceptors (Lipinski definition) is 8. The highest BCUT2D eigenvalue weighted by Gasteiger charge is 2.65. The first kappa shape index (κ1) is 27.6. The minimum Gasteiger partial charge on any atom is -0.356 e. The van der Waals surface area contributed by atoms with E-state index in [0.717, 1.165) is 69.6 Å². The zero-order valence-electron chi connectivity index (χ0n) is 20.5. The van der Waals surface area contributed by atoms with Gasteiger partial charge in [-0.3, -0.25) is 4.79 Å². The van der Waals surface area contributed by atoms with Crippen LogP contribution in [0.1, 0.15) is 62.8 Å². The van der Waals surface area contributed by atoms with Crippen molar-refractivity contribution in [2.45, 2.75) is 87.1 Å². The third-order valence-corrected chi connectivity index (χ3v) is 8.28. The molecule has 0 radical (unpaired) electrons. The fourth-order valence-corrected chi connectivity index (χ4v) is 6.13. The maximum Gasteiger partial charge on any atom is 0.442 e. The third-order valence-electron chi connectivity index (χ3n) is 6.77. The molecule has 1 aromatic rings. The van der Waals surface area contributed by atoms with Gasteiger partial charge in [-0.2, -0.15) is 24.9 Å². The van der Waals surface area contributed by atoms with Crippen LogP contribution < -0.4 is 21.3 Å². The normalized spacial score (nSPS) is 23.4. The van der Waals surface area contributed by atoms with Crippen LogP contribution in [0.2, 0.25) is 0 Å². The van der Waals surface area contributed by atoms with E-state index in [-0.39, 0.29) is 29.6 Å². The Balaban J connectivity index is 0.954. The molecule has 2 fully saturated rings. The summed E-state index contributed by atoms with van der Waals surface area (Å²) >= 11 is 1.90. The van der Waals surface area contributed by atoms with Crippen LogP contribution in [0.25, 0.3) is 0 Å². The van der Waals surface area contributed by atoms with Crippen LogP contribution in [0.4, 0.5) is 18.0 Å². The molecule has 4 heterocycles. The number of aromatic nitrogens is 2. The number of nitrogens with one attached hydrogen (secondary N) is 4. The van der Waals surface area contributed by atoms with Crippen LogP contribution in [0.5, 0.6) is 0 Å². The number of unbranched alkanes of at least 4 members (excludes halogenated alkanes) is 4. The van der Waals surface area contributed by atoms with Crippen LogP contribution >= 0.6 is 11.8 Å². The molecule has 204 valence electrons. The Kier molecular flexibility index (Phi) is 9.22. The van der Waals surface area contributed by atoms with Gasteiger partial charge in [0.2, 0.25) is 5.91 Å². The highest BCUT2D eigenvalue weighted by Crippen LogP contribution is 2.51. The van der Waals surface area contributed by atoms with Crippen molar-refractivity contribution in [3.05, 3.63) is 23.8 Å². The molecule has 3 atom stereocenters. The van der Waals surface area contributed by atoms with Gasteiger partial charge in [0.25, 0.3) is 0 Å². The lowest BCUT2D eigenvalue weighted by Crippen LogP contribution is -2.36. The Morgan fingerprint density at radius 3 is 2.49 bits per heavy atom. The van der Waals surface area contributed by atoms with E-state index in [4.69, 9.17) is 0 Å². The van der Waals surface area contributed by atoms with E-state index in [0.29, 0.717) is 30.6 Å². The second kappa shape index (κ2) is 12.4. The second-order valence-electron chi connectivity index (χ2n) is 9.57. The number of amides is 3. The molecule has 0 aromatic carbocycles. The van der Waals surface area contributed by atoms with Crippen molar-refractivity contribution in [2.75, 3.05) is 18.8 Å². The third kappa shape index (κ3) is 7.30. The van der Waals surface area contributed by atoms with E-state index < -0.39 is 11.8 Å². The average molecular weight is 543 g/mol. The van der Waals surface area contributed by atoms with E-state index in [1.165, 1.54) is 0 Å². The van der Waals surface area contributed by atoms with Crippen molar-refractivity contribution in [3.8, 4) is 0 Å². The molecule has 0 saturated carbocycles. The van der Waals surface area contributed by atoms with Crippen LogP contribution in [0, 0.1) is 0 Å². The number of halogens is 3. The first-order valence-electron chi connectivity index (χ1n) is 12.8. The number of carbonyl (C=O) groups excluding carboxylic acids is 2. The van der Waals surface area contributed by atoms with Crippen LogP contribution in [0.3, 0.4) is 0 Å². The zero-order chi connectivity index (χ0) is 26.3. The molecule has 3 aliphatic rings. The molecule has 3 aliphatic heterocycles. The number of rotatable bonds is 15. The van der Waals surface area contributed by atoms with Gasteiger partial charge in [0.15, 0.2) is 0 Å². The van der Waals surface area contributed by atoms with Gasteiger partial charge < -0.3 is 21.3 Å². The summed E-state index contributed by atoms with van der Waals surface area (Å²) in [6.07, 6.45) is 4.92. The zero-order valence-corrected chi connectivity index (χ0v) is 21.3. The number of urea groups is 1. The second-order valence-corrected chi connectivity index (χ2v) is 10.8. The number of alkyl halides is 3. The summed E-state index contributed by atoms with van der Waals surface area (Å²) in [7, 11) is 0. The standard InChI is InChI=1S/C23H33F3N8O2S/c24-23(25,26)22(33-34-22)15-11-29-18(30-12-15)13-27-9-5-1-2-6-10-28-19(35)8-4-3-7-17-20-16(14-37-17)31-21(36)32-20/h11-12,16-17,20,27H,1-10,13-14H2,(H,28,35)(H2,31,32,36). The monoisotopic (exact) mass is 542 g/mol. The lowest BCUT2D eigenvalue weighted by Gasteiger charge is -2.16. The Morgan fingerprint density at radius 1 is 1.05 bits per heavy atom. The topological polar surface area (TPSA) is 133 Å². The predicted molar refractivity (Wildman–Crippen MR) is 132 cm³/mol. The number of nitrogens with zero attached hydrogens (tertiary/aromatic N) is 4. The molecular formula is C23H33F3N8O2S. The molecule has 10 nitrogen and oxygen atoms in total. The molecule has 0 aliphatic carbocycles. The SMILES string of the molecule is O=C(CCCCC1SCC2NC(=O)NC21)NCCCCCCNCc1ncc(C2(C(F)(F)F)N=N2)cn1. The summed E-state index contributed by atoms with van der Waals surface area (Å²) in [6, 6.07) is 0.393. The maximum absolute atomic E-state index is 13.0. The van der Waals surface area contributed by atoms with Crippen molar-refractivity contribution < 1.29 is 22.8 Å². The summed E-state index contributed by atoms with van der Waals surface area (Å²) in [5, 5.41) is 18.8. The van der Waals surface area contributed by atoms with Crippen molar-refractivity contribution in [1.29, 1.82) is 0 Å². The Morgan fingerprint density at radius 2 is 1.78 bits per heavy atom. The molecule has 0 spiro atoms. The molecule has 4 rings (SSSR count). The smallest absolute Gasteiger partial charge is 0.356 e. The predicted octanol–water partition coefficient (Wildman–Crippen LogP) is 3.15. The summed E-state index contributed by atoms with van der Waals surface area (Å²) in [4.78, 5) is 31.4. The number of fused-ring (bicyclic) bond motifs is 1. The molecule has 14 heteroatoms. The van der Waals surface area contributed by atoms with Gasteiger partial charge in [-0.05, 0) is 32.2 Å². The van der Waals surface area contributed by atoms with Crippen LogP contribution in [-0.2, 0) is 17.0 Å². The maximum atomic E-state index is 13.0. The minimum absolute atomic E-state index is 0.0673. The van der Waals surface area contributed by atoms with Gasteiger partial charge >= 0.3 is 17.9 Å². The van der Waals surface area contributed by atoms with Gasteiger partial charge in [-0.15, -0.1) is 10.2 Å². The van der Waals surface area contributed by atoms with Crippen LogP contribution in [-0.4, -0.2) is 64.3 Å². The van der Waals surface area contributed by atoms with E-state index in [2.05, 4.69) is 41.5 Å². The number of thioether (sulfide) groups is 1. The largest absolute Gasteiger partial charge is 0.442 e. The molecule has 3 unspecified atom stereocenters. The van der Waals surface area contributed by atoms with Crippen molar-refractivity contribution in [3.63, 3.8) is 0 Å². The summed E-state index contributed by atoms with van der Waals surface area (Å²) in [5.74, 6) is 1.46. The quantitative estimate of drug-likeness (QED) is 0.199. The minimum atomic E-state index is -4.58. The summed E-state index contributed by atoms with van der Waals surface area (Å²) in [6.45, 7) is 1.79. The average Bonchev–Trinajstić information content (AvgIpc) is 3.50. The Hall–Kier alpha value is -2.48.